The number of hydrogen-bond acceptors (Lipinski definition) is 3. The number of nitrogens with zero attached hydrogens (tertiary/aromatic N) is 2. The molecule has 1 aromatic carbocycles. The first-order valence-electron chi connectivity index (χ1n) is 6.27. The fourth-order valence-electron chi connectivity index (χ4n) is 1.78. The van der Waals surface area contributed by atoms with Crippen LogP contribution in [0.2, 0.25) is 0 Å². The van der Waals surface area contributed by atoms with Crippen LogP contribution in [0.15, 0.2) is 27.6 Å². The fourth-order valence-corrected chi connectivity index (χ4v) is 3.68. The zero-order valence-electron chi connectivity index (χ0n) is 12.1. The smallest absolute Gasteiger partial charge is 0.254 e. The molecule has 5 nitrogen and oxygen atoms in total. The van der Waals surface area contributed by atoms with E-state index >= 15 is 0 Å². The van der Waals surface area contributed by atoms with Gasteiger partial charge in [0.25, 0.3) is 5.91 Å². The Hall–Kier alpha value is -0.920. The number of carbonyl (C=O) groups is 1. The molecule has 0 heterocycles. The van der Waals surface area contributed by atoms with Gasteiger partial charge in [-0.15, -0.1) is 0 Å². The highest BCUT2D eigenvalue weighted by Crippen LogP contribution is 2.24. The van der Waals surface area contributed by atoms with Gasteiger partial charge >= 0.3 is 0 Å². The van der Waals surface area contributed by atoms with Crippen molar-refractivity contribution in [1.29, 1.82) is 0 Å². The Morgan fingerprint density at radius 2 is 1.75 bits per heavy atom. The van der Waals surface area contributed by atoms with Crippen LogP contribution in [-0.2, 0) is 10.0 Å². The molecular weight excluding hydrogens is 344 g/mol. The van der Waals surface area contributed by atoms with Crippen LogP contribution >= 0.6 is 15.9 Å². The molecule has 0 fully saturated rings. The van der Waals surface area contributed by atoms with Crippen molar-refractivity contribution in [2.75, 3.05) is 27.2 Å². The summed E-state index contributed by atoms with van der Waals surface area (Å²) in [7, 11) is -0.307. The van der Waals surface area contributed by atoms with E-state index in [2.05, 4.69) is 15.9 Å². The second kappa shape index (κ2) is 6.69. The molecule has 0 atom stereocenters. The molecule has 0 N–H and O–H groups in total. The zero-order chi connectivity index (χ0) is 15.5. The normalized spacial score (nSPS) is 11.7. The molecule has 1 aromatic rings. The Kier molecular flexibility index (Phi) is 5.73. The molecule has 1 rings (SSSR count). The second-order valence-electron chi connectivity index (χ2n) is 4.43. The summed E-state index contributed by atoms with van der Waals surface area (Å²) >= 11 is 3.28. The summed E-state index contributed by atoms with van der Waals surface area (Å²) in [5, 5.41) is 0. The van der Waals surface area contributed by atoms with Gasteiger partial charge in [0.15, 0.2) is 0 Å². The van der Waals surface area contributed by atoms with Crippen LogP contribution in [0.25, 0.3) is 0 Å². The minimum absolute atomic E-state index is 0.134. The van der Waals surface area contributed by atoms with Gasteiger partial charge in [0.1, 0.15) is 0 Å². The molecule has 0 spiro atoms. The van der Waals surface area contributed by atoms with Gasteiger partial charge in [-0.05, 0) is 34.1 Å². The van der Waals surface area contributed by atoms with Crippen LogP contribution in [0, 0.1) is 0 Å². The summed E-state index contributed by atoms with van der Waals surface area (Å²) in [6.45, 7) is 4.36. The van der Waals surface area contributed by atoms with Crippen molar-refractivity contribution in [1.82, 2.24) is 9.21 Å². The Bertz CT molecular complexity index is 596. The summed E-state index contributed by atoms with van der Waals surface area (Å²) in [6.07, 6.45) is 0. The maximum absolute atomic E-state index is 12.4. The summed E-state index contributed by atoms with van der Waals surface area (Å²) < 4.78 is 26.8. The van der Waals surface area contributed by atoms with Gasteiger partial charge in [0.2, 0.25) is 10.0 Å². The highest BCUT2D eigenvalue weighted by molar-refractivity contribution is 9.10. The van der Waals surface area contributed by atoms with Crippen LogP contribution < -0.4 is 0 Å². The van der Waals surface area contributed by atoms with Gasteiger partial charge in [-0.25, -0.2) is 8.42 Å². The number of halogens is 1. The molecule has 0 saturated heterocycles. The largest absolute Gasteiger partial charge is 0.345 e. The summed E-state index contributed by atoms with van der Waals surface area (Å²) in [4.78, 5) is 13.6. The van der Waals surface area contributed by atoms with Gasteiger partial charge in [-0.1, -0.05) is 13.8 Å². The lowest BCUT2D eigenvalue weighted by atomic mass is 10.2. The molecule has 0 aromatic heterocycles. The Balaban J connectivity index is 3.36. The monoisotopic (exact) mass is 362 g/mol. The molecule has 0 aliphatic carbocycles. The van der Waals surface area contributed by atoms with E-state index in [0.717, 1.165) is 0 Å². The van der Waals surface area contributed by atoms with Crippen molar-refractivity contribution in [3.8, 4) is 0 Å². The third kappa shape index (κ3) is 3.39. The average Bonchev–Trinajstić information content (AvgIpc) is 2.39. The third-order valence-corrected chi connectivity index (χ3v) is 5.65. The second-order valence-corrected chi connectivity index (χ2v) is 7.22. The van der Waals surface area contributed by atoms with Gasteiger partial charge in [-0.3, -0.25) is 4.79 Å². The van der Waals surface area contributed by atoms with E-state index < -0.39 is 10.0 Å². The highest BCUT2D eigenvalue weighted by atomic mass is 79.9. The predicted octanol–water partition coefficient (Wildman–Crippen LogP) is 2.18. The van der Waals surface area contributed by atoms with E-state index in [9.17, 15) is 13.2 Å². The average molecular weight is 363 g/mol. The van der Waals surface area contributed by atoms with Crippen LogP contribution in [0.5, 0.6) is 0 Å². The third-order valence-electron chi connectivity index (χ3n) is 2.92. The molecule has 1 amide bonds. The zero-order valence-corrected chi connectivity index (χ0v) is 14.5. The standard InChI is InChI=1S/C13H19BrN2O3S/c1-5-16(6-2)20(18,19)10-7-8-12(14)11(9-10)13(17)15(3)4/h7-9H,5-6H2,1-4H3. The van der Waals surface area contributed by atoms with Crippen LogP contribution in [-0.4, -0.2) is 50.7 Å². The molecule has 20 heavy (non-hydrogen) atoms. The SMILES string of the molecule is CCN(CC)S(=O)(=O)c1ccc(Br)c(C(=O)N(C)C)c1. The maximum Gasteiger partial charge on any atom is 0.254 e. The number of amides is 1. The lowest BCUT2D eigenvalue weighted by Crippen LogP contribution is -2.31. The first-order chi connectivity index (χ1) is 9.25. The topological polar surface area (TPSA) is 57.7 Å². The lowest BCUT2D eigenvalue weighted by molar-refractivity contribution is 0.0826. The minimum Gasteiger partial charge on any atom is -0.345 e. The Morgan fingerprint density at radius 3 is 2.20 bits per heavy atom. The van der Waals surface area contributed by atoms with Gasteiger partial charge in [-0.2, -0.15) is 4.31 Å². The minimum atomic E-state index is -3.56. The molecule has 0 radical (unpaired) electrons. The van der Waals surface area contributed by atoms with Gasteiger partial charge in [0, 0.05) is 31.7 Å². The van der Waals surface area contributed by atoms with Crippen molar-refractivity contribution >= 4 is 31.9 Å². The molecule has 0 aliphatic rings. The Labute approximate surface area is 128 Å². The van der Waals surface area contributed by atoms with E-state index in [1.165, 1.54) is 21.3 Å². The van der Waals surface area contributed by atoms with Crippen LogP contribution in [0.4, 0.5) is 0 Å². The van der Waals surface area contributed by atoms with Crippen molar-refractivity contribution in [2.45, 2.75) is 18.7 Å². The molecule has 0 saturated carbocycles. The molecule has 0 aliphatic heterocycles. The van der Waals surface area contributed by atoms with Gasteiger partial charge in [0.05, 0.1) is 10.5 Å². The maximum atomic E-state index is 12.4. The van der Waals surface area contributed by atoms with E-state index in [-0.39, 0.29) is 10.8 Å². The Morgan fingerprint density at radius 1 is 1.20 bits per heavy atom. The molecule has 112 valence electrons. The quantitative estimate of drug-likeness (QED) is 0.806. The van der Waals surface area contributed by atoms with Crippen molar-refractivity contribution in [2.24, 2.45) is 0 Å². The van der Waals surface area contributed by atoms with Gasteiger partial charge < -0.3 is 4.90 Å². The fraction of sp³-hybridized carbons (Fsp3) is 0.462. The summed E-state index contributed by atoms with van der Waals surface area (Å²) in [6, 6.07) is 4.51. The van der Waals surface area contributed by atoms with E-state index in [1.54, 1.807) is 34.0 Å². The van der Waals surface area contributed by atoms with E-state index in [1.807, 2.05) is 0 Å². The van der Waals surface area contributed by atoms with Crippen molar-refractivity contribution in [3.05, 3.63) is 28.2 Å². The number of carbonyl (C=O) groups excluding carboxylic acids is 1. The first-order valence-corrected chi connectivity index (χ1v) is 8.50. The number of hydrogen-bond donors (Lipinski definition) is 0. The predicted molar refractivity (Wildman–Crippen MR) is 82.3 cm³/mol. The summed E-state index contributed by atoms with van der Waals surface area (Å²) in [5.41, 5.74) is 0.336. The first kappa shape index (κ1) is 17.1. The lowest BCUT2D eigenvalue weighted by Gasteiger charge is -2.19. The van der Waals surface area contributed by atoms with E-state index in [4.69, 9.17) is 0 Å². The molecule has 0 bridgehead atoms. The highest BCUT2D eigenvalue weighted by Gasteiger charge is 2.24. The number of rotatable bonds is 5. The molecule has 0 unspecified atom stereocenters. The van der Waals surface area contributed by atoms with E-state index in [0.29, 0.717) is 23.1 Å². The van der Waals surface area contributed by atoms with Crippen molar-refractivity contribution < 1.29 is 13.2 Å². The summed E-state index contributed by atoms with van der Waals surface area (Å²) in [5.74, 6) is -0.242. The molecule has 7 heteroatoms. The van der Waals surface area contributed by atoms with Crippen LogP contribution in [0.3, 0.4) is 0 Å². The molecular formula is C13H19BrN2O3S. The number of benzene rings is 1. The number of sulfonamides is 1. The van der Waals surface area contributed by atoms with Crippen LogP contribution in [0.1, 0.15) is 24.2 Å². The van der Waals surface area contributed by atoms with Crippen molar-refractivity contribution in [3.63, 3.8) is 0 Å².